The van der Waals surface area contributed by atoms with E-state index in [9.17, 15) is 13.2 Å². The van der Waals surface area contributed by atoms with Crippen LogP contribution < -0.4 is 11.1 Å². The molecule has 1 fully saturated rings. The molecule has 1 aliphatic heterocycles. The highest BCUT2D eigenvalue weighted by atomic mass is 19.4. The third-order valence-corrected chi connectivity index (χ3v) is 2.16. The maximum absolute atomic E-state index is 12.1. The largest absolute Gasteiger partial charge is 0.405 e. The molecule has 0 aliphatic carbocycles. The number of halogens is 3. The first-order valence-corrected chi connectivity index (χ1v) is 4.07. The Bertz CT molecular complexity index is 140. The van der Waals surface area contributed by atoms with Crippen LogP contribution in [0.4, 0.5) is 13.2 Å². The van der Waals surface area contributed by atoms with Gasteiger partial charge in [-0.25, -0.2) is 0 Å². The molecule has 0 aromatic carbocycles. The topological polar surface area (TPSA) is 38.0 Å². The van der Waals surface area contributed by atoms with Crippen molar-refractivity contribution in [3.05, 3.63) is 0 Å². The van der Waals surface area contributed by atoms with Gasteiger partial charge in [0.2, 0.25) is 0 Å². The van der Waals surface area contributed by atoms with Crippen molar-refractivity contribution in [1.29, 1.82) is 0 Å². The Morgan fingerprint density at radius 3 is 2.42 bits per heavy atom. The van der Waals surface area contributed by atoms with Crippen LogP contribution in [0.5, 0.6) is 0 Å². The Hall–Kier alpha value is -0.290. The van der Waals surface area contributed by atoms with Gasteiger partial charge >= 0.3 is 6.18 Å². The molecule has 2 atom stereocenters. The summed E-state index contributed by atoms with van der Waals surface area (Å²) in [6, 6.07) is -2.29. The summed E-state index contributed by atoms with van der Waals surface area (Å²) in [5, 5.41) is 2.78. The molecule has 1 aliphatic rings. The predicted octanol–water partition coefficient (Wildman–Crippen LogP) is 1.02. The van der Waals surface area contributed by atoms with Crippen molar-refractivity contribution in [2.24, 2.45) is 5.73 Å². The van der Waals surface area contributed by atoms with Crippen LogP contribution in [0.15, 0.2) is 0 Å². The SMILES string of the molecule is NC(C1CCCCN1)C(F)(F)F. The third-order valence-electron chi connectivity index (χ3n) is 2.16. The summed E-state index contributed by atoms with van der Waals surface area (Å²) in [5.41, 5.74) is 5.04. The van der Waals surface area contributed by atoms with Crippen molar-refractivity contribution in [2.45, 2.75) is 37.5 Å². The lowest BCUT2D eigenvalue weighted by atomic mass is 9.98. The van der Waals surface area contributed by atoms with Gasteiger partial charge in [-0.3, -0.25) is 0 Å². The number of rotatable bonds is 1. The van der Waals surface area contributed by atoms with E-state index in [1.54, 1.807) is 0 Å². The lowest BCUT2D eigenvalue weighted by molar-refractivity contribution is -0.155. The van der Waals surface area contributed by atoms with E-state index in [2.05, 4.69) is 5.32 Å². The van der Waals surface area contributed by atoms with Gasteiger partial charge in [-0.1, -0.05) is 6.42 Å². The molecule has 0 amide bonds. The van der Waals surface area contributed by atoms with Crippen LogP contribution in [0, 0.1) is 0 Å². The molecule has 1 rings (SSSR count). The van der Waals surface area contributed by atoms with Crippen LogP contribution in [-0.2, 0) is 0 Å². The molecule has 2 unspecified atom stereocenters. The monoisotopic (exact) mass is 182 g/mol. The first kappa shape index (κ1) is 9.80. The third kappa shape index (κ3) is 2.35. The molecule has 2 nitrogen and oxygen atoms in total. The molecule has 5 heteroatoms. The Labute approximate surface area is 69.3 Å². The number of nitrogens with one attached hydrogen (secondary N) is 1. The number of hydrogen-bond donors (Lipinski definition) is 2. The number of alkyl halides is 3. The Kier molecular flexibility index (Phi) is 2.95. The van der Waals surface area contributed by atoms with Gasteiger partial charge in [0.1, 0.15) is 6.04 Å². The van der Waals surface area contributed by atoms with E-state index in [0.717, 1.165) is 12.8 Å². The van der Waals surface area contributed by atoms with Crippen molar-refractivity contribution in [2.75, 3.05) is 6.54 Å². The Morgan fingerprint density at radius 1 is 1.33 bits per heavy atom. The predicted molar refractivity (Wildman–Crippen MR) is 39.7 cm³/mol. The summed E-state index contributed by atoms with van der Waals surface area (Å²) in [6.45, 7) is 0.647. The van der Waals surface area contributed by atoms with E-state index < -0.39 is 18.3 Å². The summed E-state index contributed by atoms with van der Waals surface area (Å²) in [5.74, 6) is 0. The summed E-state index contributed by atoms with van der Waals surface area (Å²) in [7, 11) is 0. The molecule has 0 bridgehead atoms. The van der Waals surface area contributed by atoms with Crippen LogP contribution in [0.3, 0.4) is 0 Å². The highest BCUT2D eigenvalue weighted by molar-refractivity contribution is 4.87. The van der Waals surface area contributed by atoms with Gasteiger partial charge in [0.15, 0.2) is 0 Å². The molecule has 1 saturated heterocycles. The second kappa shape index (κ2) is 3.62. The average Bonchev–Trinajstić information content (AvgIpc) is 2.03. The minimum Gasteiger partial charge on any atom is -0.319 e. The number of nitrogens with two attached hydrogens (primary N) is 1. The van der Waals surface area contributed by atoms with Crippen LogP contribution in [0.2, 0.25) is 0 Å². The zero-order chi connectivity index (χ0) is 9.19. The lowest BCUT2D eigenvalue weighted by Crippen LogP contribution is -2.54. The minimum absolute atomic E-state index is 0.528. The highest BCUT2D eigenvalue weighted by Gasteiger charge is 2.41. The molecule has 1 heterocycles. The van der Waals surface area contributed by atoms with Gasteiger partial charge in [0, 0.05) is 6.04 Å². The fourth-order valence-corrected chi connectivity index (χ4v) is 1.41. The molecular formula is C7H13F3N2. The molecule has 72 valence electrons. The quantitative estimate of drug-likeness (QED) is 0.635. The Balaban J connectivity index is 2.45. The van der Waals surface area contributed by atoms with E-state index in [1.807, 2.05) is 0 Å². The molecular weight excluding hydrogens is 169 g/mol. The van der Waals surface area contributed by atoms with Gasteiger partial charge in [-0.15, -0.1) is 0 Å². The summed E-state index contributed by atoms with van der Waals surface area (Å²) in [6.07, 6.45) is -1.96. The highest BCUT2D eigenvalue weighted by Crippen LogP contribution is 2.24. The maximum atomic E-state index is 12.1. The molecule has 0 spiro atoms. The zero-order valence-corrected chi connectivity index (χ0v) is 6.69. The van der Waals surface area contributed by atoms with E-state index in [1.165, 1.54) is 0 Å². The molecule has 0 aromatic heterocycles. The minimum atomic E-state index is -4.27. The van der Waals surface area contributed by atoms with Gasteiger partial charge in [-0.05, 0) is 19.4 Å². The summed E-state index contributed by atoms with van der Waals surface area (Å²) < 4.78 is 36.2. The van der Waals surface area contributed by atoms with Gasteiger partial charge < -0.3 is 11.1 Å². The fourth-order valence-electron chi connectivity index (χ4n) is 1.41. The van der Waals surface area contributed by atoms with Crippen molar-refractivity contribution < 1.29 is 13.2 Å². The smallest absolute Gasteiger partial charge is 0.319 e. The zero-order valence-electron chi connectivity index (χ0n) is 6.69. The van der Waals surface area contributed by atoms with Crippen molar-refractivity contribution in [3.8, 4) is 0 Å². The van der Waals surface area contributed by atoms with E-state index >= 15 is 0 Å². The van der Waals surface area contributed by atoms with E-state index in [-0.39, 0.29) is 0 Å². The first-order chi connectivity index (χ1) is 5.52. The van der Waals surface area contributed by atoms with E-state index in [0.29, 0.717) is 13.0 Å². The molecule has 0 aromatic rings. The number of hydrogen-bond acceptors (Lipinski definition) is 2. The van der Waals surface area contributed by atoms with Crippen molar-refractivity contribution >= 4 is 0 Å². The molecule has 3 N–H and O–H groups in total. The first-order valence-electron chi connectivity index (χ1n) is 4.07. The van der Waals surface area contributed by atoms with E-state index in [4.69, 9.17) is 5.73 Å². The van der Waals surface area contributed by atoms with Gasteiger partial charge in [0.25, 0.3) is 0 Å². The molecule has 0 radical (unpaired) electrons. The fraction of sp³-hybridized carbons (Fsp3) is 1.00. The van der Waals surface area contributed by atoms with Crippen LogP contribution in [0.25, 0.3) is 0 Å². The second-order valence-corrected chi connectivity index (χ2v) is 3.12. The van der Waals surface area contributed by atoms with Gasteiger partial charge in [-0.2, -0.15) is 13.2 Å². The van der Waals surface area contributed by atoms with Crippen molar-refractivity contribution in [3.63, 3.8) is 0 Å². The van der Waals surface area contributed by atoms with Crippen LogP contribution >= 0.6 is 0 Å². The normalized spacial score (nSPS) is 28.5. The van der Waals surface area contributed by atoms with Crippen molar-refractivity contribution in [1.82, 2.24) is 5.32 Å². The number of piperidine rings is 1. The molecule has 12 heavy (non-hydrogen) atoms. The summed E-state index contributed by atoms with van der Waals surface area (Å²) >= 11 is 0. The lowest BCUT2D eigenvalue weighted by Gasteiger charge is -2.29. The van der Waals surface area contributed by atoms with Crippen LogP contribution in [-0.4, -0.2) is 24.8 Å². The van der Waals surface area contributed by atoms with Crippen LogP contribution in [0.1, 0.15) is 19.3 Å². The standard InChI is InChI=1S/C7H13F3N2/c8-7(9,10)6(11)5-3-1-2-4-12-5/h5-6,12H,1-4,11H2. The second-order valence-electron chi connectivity index (χ2n) is 3.12. The summed E-state index contributed by atoms with van der Waals surface area (Å²) in [4.78, 5) is 0. The average molecular weight is 182 g/mol. The maximum Gasteiger partial charge on any atom is 0.405 e. The molecule has 0 saturated carbocycles. The van der Waals surface area contributed by atoms with Gasteiger partial charge in [0.05, 0.1) is 0 Å². The Morgan fingerprint density at radius 2 is 2.00 bits per heavy atom.